The molecular weight excluding hydrogens is 353 g/mol. The summed E-state index contributed by atoms with van der Waals surface area (Å²) in [6.45, 7) is 0.943. The maximum absolute atomic E-state index is 12.1. The van der Waals surface area contributed by atoms with E-state index in [1.807, 2.05) is 0 Å². The van der Waals surface area contributed by atoms with Gasteiger partial charge in [-0.3, -0.25) is 9.59 Å². The van der Waals surface area contributed by atoms with Crippen LogP contribution in [0.3, 0.4) is 0 Å². The molecule has 2 aromatic rings. The van der Waals surface area contributed by atoms with Crippen molar-refractivity contribution in [3.8, 4) is 0 Å². The average molecular weight is 366 g/mol. The van der Waals surface area contributed by atoms with Gasteiger partial charge in [0.1, 0.15) is 0 Å². The number of nitrogens with one attached hydrogen (secondary N) is 1. The zero-order chi connectivity index (χ0) is 17.7. The Kier molecular flexibility index (Phi) is 5.95. The summed E-state index contributed by atoms with van der Waals surface area (Å²) >= 11 is 11.8. The second-order valence-electron chi connectivity index (χ2n) is 4.85. The predicted molar refractivity (Wildman–Crippen MR) is 91.8 cm³/mol. The molecule has 0 spiro atoms. The van der Waals surface area contributed by atoms with Crippen LogP contribution in [0.4, 0.5) is 5.69 Å². The molecule has 1 N–H and O–H groups in total. The van der Waals surface area contributed by atoms with Gasteiger partial charge in [-0.05, 0) is 36.4 Å². The van der Waals surface area contributed by atoms with Gasteiger partial charge in [-0.2, -0.15) is 0 Å². The normalized spacial score (nSPS) is 10.1. The highest BCUT2D eigenvalue weighted by atomic mass is 35.5. The summed E-state index contributed by atoms with van der Waals surface area (Å²) in [5, 5.41) is 2.90. The Balaban J connectivity index is 2.00. The van der Waals surface area contributed by atoms with Crippen molar-refractivity contribution in [3.05, 3.63) is 63.6 Å². The van der Waals surface area contributed by atoms with Crippen molar-refractivity contribution in [1.82, 2.24) is 0 Å². The van der Waals surface area contributed by atoms with E-state index in [-0.39, 0.29) is 27.3 Å². The molecule has 0 heterocycles. The van der Waals surface area contributed by atoms with Gasteiger partial charge in [0.25, 0.3) is 0 Å². The van der Waals surface area contributed by atoms with Crippen molar-refractivity contribution < 1.29 is 19.1 Å². The molecule has 124 valence electrons. The largest absolute Gasteiger partial charge is 0.454 e. The summed E-state index contributed by atoms with van der Waals surface area (Å²) in [7, 11) is 0. The van der Waals surface area contributed by atoms with E-state index in [9.17, 15) is 14.4 Å². The molecule has 2 aromatic carbocycles. The van der Waals surface area contributed by atoms with Gasteiger partial charge >= 0.3 is 5.97 Å². The smallest absolute Gasteiger partial charge is 0.341 e. The highest BCUT2D eigenvalue weighted by Crippen LogP contribution is 2.25. The van der Waals surface area contributed by atoms with E-state index in [4.69, 9.17) is 27.9 Å². The van der Waals surface area contributed by atoms with Gasteiger partial charge in [-0.1, -0.05) is 29.3 Å². The third kappa shape index (κ3) is 4.57. The number of ketones is 1. The van der Waals surface area contributed by atoms with Crippen LogP contribution >= 0.6 is 23.2 Å². The number of amides is 1. The summed E-state index contributed by atoms with van der Waals surface area (Å²) in [5.74, 6) is -1.37. The first-order valence-corrected chi connectivity index (χ1v) is 7.66. The Hall–Kier alpha value is -2.37. The lowest BCUT2D eigenvalue weighted by molar-refractivity contribution is -0.114. The molecule has 7 heteroatoms. The van der Waals surface area contributed by atoms with Crippen molar-refractivity contribution in [3.63, 3.8) is 0 Å². The molecule has 0 aliphatic rings. The third-order valence-corrected chi connectivity index (χ3v) is 3.66. The Morgan fingerprint density at radius 1 is 1.00 bits per heavy atom. The third-order valence-electron chi connectivity index (χ3n) is 3.03. The Labute approximate surface area is 148 Å². The number of Topliss-reactive ketones (excluding diaryl/α,β-unsaturated/α-hetero) is 1. The fourth-order valence-corrected chi connectivity index (χ4v) is 2.47. The summed E-state index contributed by atoms with van der Waals surface area (Å²) < 4.78 is 4.97. The molecule has 5 nitrogen and oxygen atoms in total. The van der Waals surface area contributed by atoms with Crippen molar-refractivity contribution in [2.75, 3.05) is 11.9 Å². The van der Waals surface area contributed by atoms with Crippen LogP contribution in [0, 0.1) is 0 Å². The average Bonchev–Trinajstić information content (AvgIpc) is 2.52. The van der Waals surface area contributed by atoms with E-state index in [0.29, 0.717) is 11.3 Å². The summed E-state index contributed by atoms with van der Waals surface area (Å²) in [6.07, 6.45) is 0. The monoisotopic (exact) mass is 365 g/mol. The number of carbonyl (C=O) groups is 3. The number of hydrogen-bond acceptors (Lipinski definition) is 4. The lowest BCUT2D eigenvalue weighted by atomic mass is 10.1. The molecule has 0 bridgehead atoms. The van der Waals surface area contributed by atoms with E-state index in [2.05, 4.69) is 5.32 Å². The van der Waals surface area contributed by atoms with Crippen LogP contribution in [0.2, 0.25) is 10.0 Å². The van der Waals surface area contributed by atoms with Gasteiger partial charge in [0.2, 0.25) is 5.91 Å². The molecule has 1 amide bonds. The molecule has 0 aliphatic carbocycles. The lowest BCUT2D eigenvalue weighted by Crippen LogP contribution is -2.15. The minimum atomic E-state index is -0.770. The van der Waals surface area contributed by atoms with Gasteiger partial charge < -0.3 is 10.1 Å². The Morgan fingerprint density at radius 2 is 1.58 bits per heavy atom. The molecular formula is C17H13Cl2NO4. The van der Waals surface area contributed by atoms with Gasteiger partial charge in [0, 0.05) is 18.2 Å². The molecule has 0 radical (unpaired) electrons. The SMILES string of the molecule is CC(=O)Nc1ccc(C(=O)COC(=O)c2c(Cl)cccc2Cl)cc1. The first kappa shape index (κ1) is 18.0. The van der Waals surface area contributed by atoms with E-state index in [1.54, 1.807) is 18.2 Å². The van der Waals surface area contributed by atoms with E-state index >= 15 is 0 Å². The van der Waals surface area contributed by atoms with Crippen LogP contribution < -0.4 is 5.32 Å². The number of benzene rings is 2. The Bertz CT molecular complexity index is 767. The highest BCUT2D eigenvalue weighted by molar-refractivity contribution is 6.39. The standard InChI is InChI=1S/C17H13Cl2NO4/c1-10(21)20-12-7-5-11(6-8-12)15(22)9-24-17(23)16-13(18)3-2-4-14(16)19/h2-8H,9H2,1H3,(H,20,21). The molecule has 0 fully saturated rings. The Morgan fingerprint density at radius 3 is 2.12 bits per heavy atom. The van der Waals surface area contributed by atoms with Crippen LogP contribution in [-0.2, 0) is 9.53 Å². The number of ether oxygens (including phenoxy) is 1. The molecule has 2 rings (SSSR count). The lowest BCUT2D eigenvalue weighted by Gasteiger charge is -2.08. The fraction of sp³-hybridized carbons (Fsp3) is 0.118. The number of esters is 1. The first-order chi connectivity index (χ1) is 11.4. The topological polar surface area (TPSA) is 72.5 Å². The maximum atomic E-state index is 12.1. The number of hydrogen-bond donors (Lipinski definition) is 1. The molecule has 0 saturated carbocycles. The first-order valence-electron chi connectivity index (χ1n) is 6.90. The van der Waals surface area contributed by atoms with Crippen LogP contribution in [0.25, 0.3) is 0 Å². The summed E-state index contributed by atoms with van der Waals surface area (Å²) in [6, 6.07) is 10.8. The number of halogens is 2. The van der Waals surface area contributed by atoms with Crippen LogP contribution in [-0.4, -0.2) is 24.3 Å². The van der Waals surface area contributed by atoms with Gasteiger partial charge in [-0.15, -0.1) is 0 Å². The molecule has 0 atom stereocenters. The summed E-state index contributed by atoms with van der Waals surface area (Å²) in [5.41, 5.74) is 0.940. The second-order valence-corrected chi connectivity index (χ2v) is 5.67. The number of rotatable bonds is 5. The van der Waals surface area contributed by atoms with Crippen molar-refractivity contribution in [1.29, 1.82) is 0 Å². The van der Waals surface area contributed by atoms with E-state index < -0.39 is 12.6 Å². The van der Waals surface area contributed by atoms with E-state index in [1.165, 1.54) is 31.2 Å². The van der Waals surface area contributed by atoms with Gasteiger partial charge in [-0.25, -0.2) is 4.79 Å². The minimum absolute atomic E-state index is 0.0228. The zero-order valence-electron chi connectivity index (χ0n) is 12.6. The molecule has 0 aromatic heterocycles. The van der Waals surface area contributed by atoms with Crippen LogP contribution in [0.15, 0.2) is 42.5 Å². The second kappa shape index (κ2) is 7.95. The van der Waals surface area contributed by atoms with Crippen LogP contribution in [0.1, 0.15) is 27.6 Å². The number of carbonyl (C=O) groups excluding carboxylic acids is 3. The van der Waals surface area contributed by atoms with Crippen molar-refractivity contribution in [2.45, 2.75) is 6.92 Å². The van der Waals surface area contributed by atoms with E-state index in [0.717, 1.165) is 0 Å². The fourth-order valence-electron chi connectivity index (χ4n) is 1.92. The van der Waals surface area contributed by atoms with Crippen molar-refractivity contribution in [2.24, 2.45) is 0 Å². The summed E-state index contributed by atoms with van der Waals surface area (Å²) in [4.78, 5) is 35.0. The van der Waals surface area contributed by atoms with Gasteiger partial charge in [0.05, 0.1) is 15.6 Å². The predicted octanol–water partition coefficient (Wildman–Crippen LogP) is 3.99. The molecule has 0 saturated heterocycles. The molecule has 24 heavy (non-hydrogen) atoms. The highest BCUT2D eigenvalue weighted by Gasteiger charge is 2.17. The zero-order valence-corrected chi connectivity index (χ0v) is 14.1. The van der Waals surface area contributed by atoms with Gasteiger partial charge in [0.15, 0.2) is 12.4 Å². The quantitative estimate of drug-likeness (QED) is 0.642. The number of anilines is 1. The van der Waals surface area contributed by atoms with Crippen molar-refractivity contribution >= 4 is 46.5 Å². The molecule has 0 unspecified atom stereocenters. The van der Waals surface area contributed by atoms with Crippen LogP contribution in [0.5, 0.6) is 0 Å². The maximum Gasteiger partial charge on any atom is 0.341 e. The minimum Gasteiger partial charge on any atom is -0.454 e. The molecule has 0 aliphatic heterocycles.